The van der Waals surface area contributed by atoms with Crippen LogP contribution in [0.15, 0.2) is 34.6 Å². The lowest BCUT2D eigenvalue weighted by Gasteiger charge is -1.97. The van der Waals surface area contributed by atoms with Crippen LogP contribution in [0.2, 0.25) is 0 Å². The topological polar surface area (TPSA) is 102 Å². The van der Waals surface area contributed by atoms with Gasteiger partial charge in [-0.15, -0.1) is 5.11 Å². The molecule has 2 aromatic heterocycles. The van der Waals surface area contributed by atoms with Gasteiger partial charge < -0.3 is 10.8 Å². The van der Waals surface area contributed by atoms with Crippen molar-refractivity contribution in [2.24, 2.45) is 10.2 Å². The molecule has 3 heterocycles. The van der Waals surface area contributed by atoms with Crippen LogP contribution in [0.1, 0.15) is 18.8 Å². The molecule has 0 saturated carbocycles. The zero-order chi connectivity index (χ0) is 13.1. The molecule has 0 saturated heterocycles. The molecule has 7 heteroatoms. The molecular weight excluding hydrogens is 232 g/mol. The van der Waals surface area contributed by atoms with E-state index in [2.05, 4.69) is 20.3 Å². The quantitative estimate of drug-likeness (QED) is 0.743. The second-order valence-corrected chi connectivity index (χ2v) is 3.84. The second-order valence-electron chi connectivity index (χ2n) is 3.84. The molecule has 0 aliphatic carbocycles. The number of pyridine rings is 1. The fourth-order valence-electron chi connectivity index (χ4n) is 1.45. The van der Waals surface area contributed by atoms with E-state index in [1.54, 1.807) is 6.07 Å². The number of aryl methyl sites for hydroxylation is 1. The maximum Gasteiger partial charge on any atom is 0.175 e. The summed E-state index contributed by atoms with van der Waals surface area (Å²) in [4.78, 5) is 3.61. The van der Waals surface area contributed by atoms with E-state index in [-0.39, 0.29) is 17.7 Å². The first-order valence-electron chi connectivity index (χ1n) is 5.44. The van der Waals surface area contributed by atoms with E-state index in [0.29, 0.717) is 0 Å². The maximum atomic E-state index is 8.73. The third-order valence-electron chi connectivity index (χ3n) is 2.34. The van der Waals surface area contributed by atoms with Crippen LogP contribution in [0.25, 0.3) is 0 Å². The van der Waals surface area contributed by atoms with Gasteiger partial charge in [0.15, 0.2) is 23.6 Å². The van der Waals surface area contributed by atoms with Gasteiger partial charge in [0.2, 0.25) is 0 Å². The number of anilines is 1. The minimum absolute atomic E-state index is 0.0347. The van der Waals surface area contributed by atoms with Gasteiger partial charge in [-0.3, -0.25) is 0 Å². The van der Waals surface area contributed by atoms with Gasteiger partial charge in [-0.25, -0.2) is 9.67 Å². The summed E-state index contributed by atoms with van der Waals surface area (Å²) in [7, 11) is 0. The van der Waals surface area contributed by atoms with Crippen LogP contribution >= 0.6 is 0 Å². The summed E-state index contributed by atoms with van der Waals surface area (Å²) < 4.78 is 1.81. The average molecular weight is 246 g/mol. The molecule has 3 N–H and O–H groups in total. The third kappa shape index (κ3) is 2.45. The van der Waals surface area contributed by atoms with Crippen molar-refractivity contribution in [3.05, 3.63) is 30.1 Å². The maximum absolute atomic E-state index is 8.73. The molecule has 3 rings (SSSR count). The Balaban J connectivity index is 0.000000138. The standard InChI is InChI=1S/C6H8N4.C5H6N2O/c1-4-3-6-8-7-5(2)10(6)9-4;6-5-4(8)2-1-3-7-5/h3,5H,1-2H3;1-3,8H,(H2,6,7). The molecule has 1 atom stereocenters. The van der Waals surface area contributed by atoms with Crippen LogP contribution in [0.3, 0.4) is 0 Å². The number of rotatable bonds is 0. The van der Waals surface area contributed by atoms with Gasteiger partial charge in [-0.2, -0.15) is 10.2 Å². The lowest BCUT2D eigenvalue weighted by atomic mass is 10.4. The van der Waals surface area contributed by atoms with Crippen molar-refractivity contribution in [1.82, 2.24) is 14.8 Å². The van der Waals surface area contributed by atoms with Gasteiger partial charge in [0.05, 0.1) is 5.69 Å². The Kier molecular flexibility index (Phi) is 3.22. The number of hydrogen-bond acceptors (Lipinski definition) is 6. The van der Waals surface area contributed by atoms with E-state index in [9.17, 15) is 0 Å². The molecule has 1 unspecified atom stereocenters. The van der Waals surface area contributed by atoms with Crippen LogP contribution in [-0.2, 0) is 0 Å². The Hall–Kier alpha value is -2.44. The van der Waals surface area contributed by atoms with Crippen molar-refractivity contribution >= 4 is 11.6 Å². The summed E-state index contributed by atoms with van der Waals surface area (Å²) in [5.74, 6) is 1.07. The molecule has 18 heavy (non-hydrogen) atoms. The van der Waals surface area contributed by atoms with E-state index < -0.39 is 0 Å². The first-order valence-corrected chi connectivity index (χ1v) is 5.44. The first-order chi connectivity index (χ1) is 8.58. The van der Waals surface area contributed by atoms with Gasteiger partial charge in [0.1, 0.15) is 0 Å². The number of fused-ring (bicyclic) bond motifs is 1. The zero-order valence-corrected chi connectivity index (χ0v) is 10.1. The summed E-state index contributed by atoms with van der Waals surface area (Å²) >= 11 is 0. The molecular formula is C11H14N6O. The van der Waals surface area contributed by atoms with Gasteiger partial charge in [0, 0.05) is 12.3 Å². The van der Waals surface area contributed by atoms with Crippen LogP contribution in [-0.4, -0.2) is 19.9 Å². The zero-order valence-electron chi connectivity index (χ0n) is 10.1. The largest absolute Gasteiger partial charge is 0.504 e. The SMILES string of the molecule is Cc1cc2n(n1)C(C)N=N2.Nc1ncccc1O. The molecule has 0 spiro atoms. The molecule has 0 radical (unpaired) electrons. The minimum Gasteiger partial charge on any atom is -0.504 e. The molecule has 7 nitrogen and oxygen atoms in total. The molecule has 2 aromatic rings. The Morgan fingerprint density at radius 2 is 2.22 bits per heavy atom. The summed E-state index contributed by atoms with van der Waals surface area (Å²) in [5, 5.41) is 20.8. The number of nitrogens with two attached hydrogens (primary N) is 1. The number of nitrogens with zero attached hydrogens (tertiary/aromatic N) is 5. The number of hydrogen-bond donors (Lipinski definition) is 2. The Morgan fingerprint density at radius 3 is 2.78 bits per heavy atom. The van der Waals surface area contributed by atoms with E-state index in [1.807, 2.05) is 24.6 Å². The van der Waals surface area contributed by atoms with E-state index >= 15 is 0 Å². The number of aromatic nitrogens is 3. The Morgan fingerprint density at radius 1 is 1.44 bits per heavy atom. The predicted molar refractivity (Wildman–Crippen MR) is 66.5 cm³/mol. The lowest BCUT2D eigenvalue weighted by molar-refractivity contribution is 0.476. The van der Waals surface area contributed by atoms with E-state index in [1.165, 1.54) is 12.3 Å². The number of azo groups is 1. The summed E-state index contributed by atoms with van der Waals surface area (Å²) in [6, 6.07) is 5.03. The predicted octanol–water partition coefficient (Wildman–Crippen LogP) is 2.18. The van der Waals surface area contributed by atoms with Crippen LogP contribution in [0.5, 0.6) is 5.75 Å². The number of aromatic hydroxyl groups is 1. The van der Waals surface area contributed by atoms with Crippen LogP contribution < -0.4 is 5.73 Å². The van der Waals surface area contributed by atoms with E-state index in [4.69, 9.17) is 10.8 Å². The molecule has 0 fully saturated rings. The molecule has 94 valence electrons. The van der Waals surface area contributed by atoms with Crippen molar-refractivity contribution in [2.75, 3.05) is 5.73 Å². The van der Waals surface area contributed by atoms with Crippen molar-refractivity contribution in [1.29, 1.82) is 0 Å². The number of nitrogen functional groups attached to an aromatic ring is 1. The first kappa shape index (κ1) is 12.0. The van der Waals surface area contributed by atoms with Gasteiger partial charge in [0.25, 0.3) is 0 Å². The molecule has 1 aliphatic rings. The summed E-state index contributed by atoms with van der Waals surface area (Å²) in [6.45, 7) is 3.92. The minimum atomic E-state index is 0.0347. The second kappa shape index (κ2) is 4.82. The van der Waals surface area contributed by atoms with Crippen LogP contribution in [0, 0.1) is 6.92 Å². The molecule has 0 amide bonds. The smallest absolute Gasteiger partial charge is 0.175 e. The highest BCUT2D eigenvalue weighted by Crippen LogP contribution is 2.27. The van der Waals surface area contributed by atoms with Crippen molar-refractivity contribution in [2.45, 2.75) is 20.0 Å². The highest BCUT2D eigenvalue weighted by molar-refractivity contribution is 5.43. The highest BCUT2D eigenvalue weighted by Gasteiger charge is 2.15. The Labute approximate surface area is 104 Å². The third-order valence-corrected chi connectivity index (χ3v) is 2.34. The lowest BCUT2D eigenvalue weighted by Crippen LogP contribution is -1.98. The van der Waals surface area contributed by atoms with Gasteiger partial charge >= 0.3 is 0 Å². The molecule has 1 aliphatic heterocycles. The Bertz CT molecular complexity index is 556. The van der Waals surface area contributed by atoms with Crippen molar-refractivity contribution < 1.29 is 5.11 Å². The molecule has 0 aromatic carbocycles. The van der Waals surface area contributed by atoms with Crippen molar-refractivity contribution in [3.63, 3.8) is 0 Å². The van der Waals surface area contributed by atoms with Gasteiger partial charge in [-0.1, -0.05) is 0 Å². The van der Waals surface area contributed by atoms with E-state index in [0.717, 1.165) is 11.5 Å². The average Bonchev–Trinajstić information content (AvgIpc) is 2.86. The normalized spacial score (nSPS) is 16.0. The fraction of sp³-hybridized carbons (Fsp3) is 0.273. The highest BCUT2D eigenvalue weighted by atomic mass is 16.3. The summed E-state index contributed by atoms with van der Waals surface area (Å²) in [5.41, 5.74) is 6.16. The fourth-order valence-corrected chi connectivity index (χ4v) is 1.45. The van der Waals surface area contributed by atoms with Crippen LogP contribution in [0.4, 0.5) is 11.6 Å². The van der Waals surface area contributed by atoms with Gasteiger partial charge in [-0.05, 0) is 26.0 Å². The molecule has 0 bridgehead atoms. The summed E-state index contributed by atoms with van der Waals surface area (Å²) in [6.07, 6.45) is 1.61. The monoisotopic (exact) mass is 246 g/mol. The van der Waals surface area contributed by atoms with Crippen molar-refractivity contribution in [3.8, 4) is 5.75 Å².